The van der Waals surface area contributed by atoms with Crippen molar-refractivity contribution in [1.82, 2.24) is 20.3 Å². The average Bonchev–Trinajstić information content (AvgIpc) is 2.86. The van der Waals surface area contributed by atoms with E-state index in [1.54, 1.807) is 30.3 Å². The lowest BCUT2D eigenvalue weighted by atomic mass is 10.1. The number of carbonyl (C=O) groups excluding carboxylic acids is 2. The number of nitrogens with zero attached hydrogens (tertiary/aromatic N) is 4. The molecule has 0 radical (unpaired) electrons. The fraction of sp³-hybridized carbons (Fsp3) is 0.150. The Balaban J connectivity index is 1.57. The quantitative estimate of drug-likeness (QED) is 0.617. The largest absolute Gasteiger partial charge is 0.487 e. The van der Waals surface area contributed by atoms with E-state index in [4.69, 9.17) is 39.5 Å². The molecule has 1 aliphatic heterocycles. The molecule has 0 saturated carbocycles. The van der Waals surface area contributed by atoms with Crippen molar-refractivity contribution in [2.75, 3.05) is 18.6 Å². The molecule has 0 unspecified atom stereocenters. The third kappa shape index (κ3) is 4.41. The minimum Gasteiger partial charge on any atom is -0.487 e. The van der Waals surface area contributed by atoms with Crippen LogP contribution in [-0.2, 0) is 4.79 Å². The van der Waals surface area contributed by atoms with Gasteiger partial charge in [0.25, 0.3) is 11.8 Å². The van der Waals surface area contributed by atoms with Gasteiger partial charge in [-0.15, -0.1) is 0 Å². The Morgan fingerprint density at radius 3 is 2.74 bits per heavy atom. The van der Waals surface area contributed by atoms with Crippen molar-refractivity contribution in [1.29, 1.82) is 0 Å². The number of amides is 2. The number of halogens is 3. The number of pyridine rings is 1. The number of fused-ring (bicyclic) bond motifs is 1. The van der Waals surface area contributed by atoms with E-state index < -0.39 is 17.9 Å². The summed E-state index contributed by atoms with van der Waals surface area (Å²) in [6.45, 7) is -0.112. The molecule has 0 fully saturated rings. The van der Waals surface area contributed by atoms with Gasteiger partial charge in [0.1, 0.15) is 12.6 Å². The summed E-state index contributed by atoms with van der Waals surface area (Å²) in [5.41, 5.74) is 0.970. The maximum atomic E-state index is 12.8. The van der Waals surface area contributed by atoms with Crippen LogP contribution in [0.2, 0.25) is 15.1 Å². The normalized spacial score (nSPS) is 15.7. The van der Waals surface area contributed by atoms with Gasteiger partial charge in [0, 0.05) is 29.9 Å². The first-order chi connectivity index (χ1) is 14.8. The molecule has 3 heterocycles. The maximum absolute atomic E-state index is 12.8. The molecule has 0 saturated heterocycles. The second kappa shape index (κ2) is 8.66. The molecule has 1 atom stereocenters. The molecule has 1 aromatic carbocycles. The molecule has 0 aliphatic carbocycles. The topological polar surface area (TPSA) is 97.3 Å². The van der Waals surface area contributed by atoms with E-state index in [2.05, 4.69) is 20.3 Å². The van der Waals surface area contributed by atoms with Gasteiger partial charge in [0.15, 0.2) is 11.6 Å². The van der Waals surface area contributed by atoms with Gasteiger partial charge in [-0.2, -0.15) is 0 Å². The molecule has 2 amide bonds. The zero-order valence-electron chi connectivity index (χ0n) is 16.0. The third-order valence-corrected chi connectivity index (χ3v) is 5.22. The number of likely N-dealkylation sites (N-methyl/N-ethyl adjacent to an activating group) is 1. The van der Waals surface area contributed by atoms with Crippen LogP contribution in [0.4, 0.5) is 5.82 Å². The highest BCUT2D eigenvalue weighted by Crippen LogP contribution is 2.31. The molecule has 1 aliphatic rings. The summed E-state index contributed by atoms with van der Waals surface area (Å²) in [6, 6.07) is 7.45. The van der Waals surface area contributed by atoms with Gasteiger partial charge in [-0.25, -0.2) is 15.0 Å². The van der Waals surface area contributed by atoms with Crippen LogP contribution in [0.15, 0.2) is 42.7 Å². The summed E-state index contributed by atoms with van der Waals surface area (Å²) in [5, 5.41) is 3.72. The molecule has 158 valence electrons. The van der Waals surface area contributed by atoms with Crippen LogP contribution in [0.1, 0.15) is 10.6 Å². The number of benzene rings is 1. The van der Waals surface area contributed by atoms with Crippen molar-refractivity contribution in [2.24, 2.45) is 0 Å². The van der Waals surface area contributed by atoms with Crippen LogP contribution in [0.25, 0.3) is 11.3 Å². The number of rotatable bonds is 3. The monoisotopic (exact) mass is 477 g/mol. The van der Waals surface area contributed by atoms with Gasteiger partial charge in [-0.1, -0.05) is 46.9 Å². The van der Waals surface area contributed by atoms with Crippen molar-refractivity contribution in [2.45, 2.75) is 6.04 Å². The standard InChI is InChI=1S/C20H14Cl3N5O3/c1-28-18-15(6-12(22)7-25-18)31-9-14(20(28)30)26-19(29)17-24-8-13(23)16(27-17)10-3-2-4-11(21)5-10/h2-8,14H,9H2,1H3,(H,26,29)/t14-/m0/s1. The van der Waals surface area contributed by atoms with Crippen molar-refractivity contribution in [3.63, 3.8) is 0 Å². The van der Waals surface area contributed by atoms with Crippen LogP contribution in [0.5, 0.6) is 5.75 Å². The number of carbonyl (C=O) groups is 2. The lowest BCUT2D eigenvalue weighted by Gasteiger charge is -2.19. The minimum absolute atomic E-state index is 0.112. The molecule has 0 bridgehead atoms. The first-order valence-corrected chi connectivity index (χ1v) is 10.1. The van der Waals surface area contributed by atoms with Crippen molar-refractivity contribution < 1.29 is 14.3 Å². The van der Waals surface area contributed by atoms with E-state index >= 15 is 0 Å². The number of ether oxygens (including phenoxy) is 1. The highest BCUT2D eigenvalue weighted by atomic mass is 35.5. The van der Waals surface area contributed by atoms with E-state index in [-0.39, 0.29) is 17.5 Å². The Bertz CT molecular complexity index is 1190. The summed E-state index contributed by atoms with van der Waals surface area (Å²) >= 11 is 18.2. The maximum Gasteiger partial charge on any atom is 0.289 e. The van der Waals surface area contributed by atoms with Gasteiger partial charge in [0.05, 0.1) is 21.9 Å². The molecule has 2 aromatic heterocycles. The summed E-state index contributed by atoms with van der Waals surface area (Å²) in [6.07, 6.45) is 2.73. The first kappa shape index (κ1) is 21.3. The van der Waals surface area contributed by atoms with E-state index in [1.165, 1.54) is 24.3 Å². The van der Waals surface area contributed by atoms with Gasteiger partial charge in [0.2, 0.25) is 5.82 Å². The fourth-order valence-corrected chi connectivity index (χ4v) is 3.53. The van der Waals surface area contributed by atoms with E-state index in [0.717, 1.165) is 0 Å². The molecule has 4 rings (SSSR count). The molecule has 8 nitrogen and oxygen atoms in total. The highest BCUT2D eigenvalue weighted by molar-refractivity contribution is 6.33. The van der Waals surface area contributed by atoms with Gasteiger partial charge < -0.3 is 10.1 Å². The first-order valence-electron chi connectivity index (χ1n) is 8.98. The Kier molecular flexibility index (Phi) is 5.95. The molecule has 0 spiro atoms. The molecule has 1 N–H and O–H groups in total. The number of anilines is 1. The van der Waals surface area contributed by atoms with Crippen LogP contribution >= 0.6 is 34.8 Å². The smallest absolute Gasteiger partial charge is 0.289 e. The van der Waals surface area contributed by atoms with Gasteiger partial charge in [-0.3, -0.25) is 14.5 Å². The van der Waals surface area contributed by atoms with Crippen LogP contribution in [-0.4, -0.2) is 46.5 Å². The van der Waals surface area contributed by atoms with Crippen molar-refractivity contribution >= 4 is 52.4 Å². The number of hydrogen-bond acceptors (Lipinski definition) is 6. The SMILES string of the molecule is CN1C(=O)[C@@H](NC(=O)c2ncc(Cl)c(-c3cccc(Cl)c3)n2)COc2cc(Cl)cnc21. The number of nitrogens with one attached hydrogen (secondary N) is 1. The van der Waals surface area contributed by atoms with E-state index in [1.807, 2.05) is 0 Å². The molecule has 31 heavy (non-hydrogen) atoms. The summed E-state index contributed by atoms with van der Waals surface area (Å²) in [7, 11) is 1.53. The number of hydrogen-bond donors (Lipinski definition) is 1. The van der Waals surface area contributed by atoms with Crippen LogP contribution in [0.3, 0.4) is 0 Å². The van der Waals surface area contributed by atoms with Gasteiger partial charge in [-0.05, 0) is 12.1 Å². The molecular weight excluding hydrogens is 465 g/mol. The number of aromatic nitrogens is 3. The molecule has 11 heteroatoms. The van der Waals surface area contributed by atoms with Gasteiger partial charge >= 0.3 is 0 Å². The third-order valence-electron chi connectivity index (χ3n) is 4.50. The Hall–Kier alpha value is -2.94. The van der Waals surface area contributed by atoms with Crippen LogP contribution in [0, 0.1) is 0 Å². The lowest BCUT2D eigenvalue weighted by Crippen LogP contribution is -2.49. The second-order valence-electron chi connectivity index (χ2n) is 6.61. The molecule has 3 aromatic rings. The van der Waals surface area contributed by atoms with E-state index in [9.17, 15) is 9.59 Å². The van der Waals surface area contributed by atoms with Crippen molar-refractivity contribution in [3.05, 3.63) is 63.6 Å². The molecular formula is C20H14Cl3N5O3. The summed E-state index contributed by atoms with van der Waals surface area (Å²) in [5.74, 6) is -0.584. The van der Waals surface area contributed by atoms with Crippen molar-refractivity contribution in [3.8, 4) is 17.0 Å². The van der Waals surface area contributed by atoms with E-state index in [0.29, 0.717) is 32.9 Å². The average molecular weight is 479 g/mol. The lowest BCUT2D eigenvalue weighted by molar-refractivity contribution is -0.120. The minimum atomic E-state index is -0.987. The summed E-state index contributed by atoms with van der Waals surface area (Å²) < 4.78 is 5.64. The Labute approximate surface area is 192 Å². The highest BCUT2D eigenvalue weighted by Gasteiger charge is 2.32. The van der Waals surface area contributed by atoms with Crippen LogP contribution < -0.4 is 15.0 Å². The second-order valence-corrected chi connectivity index (χ2v) is 7.89. The zero-order valence-corrected chi connectivity index (χ0v) is 18.2. The Morgan fingerprint density at radius 2 is 1.97 bits per heavy atom. The predicted molar refractivity (Wildman–Crippen MR) is 117 cm³/mol. The fourth-order valence-electron chi connectivity index (χ4n) is 3.00. The Morgan fingerprint density at radius 1 is 1.16 bits per heavy atom. The predicted octanol–water partition coefficient (Wildman–Crippen LogP) is 3.65. The zero-order chi connectivity index (χ0) is 22.1. The summed E-state index contributed by atoms with van der Waals surface area (Å²) in [4.78, 5) is 39.3.